The van der Waals surface area contributed by atoms with Crippen LogP contribution >= 0.6 is 11.3 Å². The second-order valence-corrected chi connectivity index (χ2v) is 9.82. The van der Waals surface area contributed by atoms with Crippen molar-refractivity contribution in [3.63, 3.8) is 0 Å². The van der Waals surface area contributed by atoms with E-state index in [1.54, 1.807) is 18.2 Å². The van der Waals surface area contributed by atoms with Crippen molar-refractivity contribution in [3.05, 3.63) is 46.3 Å². The number of rotatable bonds is 5. The van der Waals surface area contributed by atoms with Crippen LogP contribution in [0.1, 0.15) is 35.3 Å². The summed E-state index contributed by atoms with van der Waals surface area (Å²) in [4.78, 5) is 15.0. The molecule has 26 heavy (non-hydrogen) atoms. The zero-order chi connectivity index (χ0) is 18.7. The van der Waals surface area contributed by atoms with Crippen LogP contribution in [0.15, 0.2) is 34.5 Å². The summed E-state index contributed by atoms with van der Waals surface area (Å²) in [7, 11) is -3.64. The average molecular weight is 393 g/mol. The van der Waals surface area contributed by atoms with Crippen LogP contribution in [0, 0.1) is 13.8 Å². The molecule has 0 aliphatic carbocycles. The van der Waals surface area contributed by atoms with Crippen molar-refractivity contribution in [1.82, 2.24) is 4.90 Å². The largest absolute Gasteiger partial charge is 0.342 e. The number of thiophene rings is 1. The molecule has 1 aliphatic heterocycles. The smallest absolute Gasteiger partial charge is 0.271 e. The van der Waals surface area contributed by atoms with Gasteiger partial charge in [-0.3, -0.25) is 9.52 Å². The van der Waals surface area contributed by atoms with Crippen molar-refractivity contribution in [2.75, 3.05) is 17.8 Å². The molecular formula is C19H24N2O3S2. The maximum atomic E-state index is 12.6. The van der Waals surface area contributed by atoms with E-state index in [1.807, 2.05) is 30.9 Å². The Morgan fingerprint density at radius 2 is 1.81 bits per heavy atom. The molecule has 0 saturated carbocycles. The average Bonchev–Trinajstić information content (AvgIpc) is 3.08. The van der Waals surface area contributed by atoms with E-state index in [0.29, 0.717) is 5.69 Å². The van der Waals surface area contributed by atoms with Crippen molar-refractivity contribution in [1.29, 1.82) is 0 Å². The Morgan fingerprint density at radius 3 is 2.50 bits per heavy atom. The van der Waals surface area contributed by atoms with Crippen LogP contribution in [-0.2, 0) is 21.2 Å². The lowest BCUT2D eigenvalue weighted by Crippen LogP contribution is -2.36. The molecule has 1 fully saturated rings. The van der Waals surface area contributed by atoms with Crippen molar-refractivity contribution in [3.8, 4) is 0 Å². The molecule has 0 spiro atoms. The SMILES string of the molecule is Cc1ccc(NS(=O)(=O)c2ccc(CC(=O)N3CCCCC3)s2)cc1C. The molecule has 1 aromatic carbocycles. The van der Waals surface area contributed by atoms with Crippen LogP contribution in [0.5, 0.6) is 0 Å². The van der Waals surface area contributed by atoms with Gasteiger partial charge in [-0.15, -0.1) is 11.3 Å². The second-order valence-electron chi connectivity index (χ2n) is 6.74. The number of anilines is 1. The summed E-state index contributed by atoms with van der Waals surface area (Å²) >= 11 is 1.16. The van der Waals surface area contributed by atoms with Gasteiger partial charge in [0.2, 0.25) is 5.91 Å². The Bertz CT molecular complexity index is 897. The van der Waals surface area contributed by atoms with Crippen molar-refractivity contribution >= 4 is 33.0 Å². The lowest BCUT2D eigenvalue weighted by molar-refractivity contribution is -0.131. The molecule has 2 heterocycles. The summed E-state index contributed by atoms with van der Waals surface area (Å²) in [5.74, 6) is 0.0811. The summed E-state index contributed by atoms with van der Waals surface area (Å²) in [5.41, 5.74) is 2.69. The fourth-order valence-electron chi connectivity index (χ4n) is 3.01. The van der Waals surface area contributed by atoms with Gasteiger partial charge < -0.3 is 4.90 Å². The summed E-state index contributed by atoms with van der Waals surface area (Å²) in [5, 5.41) is 0. The minimum atomic E-state index is -3.64. The van der Waals surface area contributed by atoms with Gasteiger partial charge in [-0.1, -0.05) is 6.07 Å². The van der Waals surface area contributed by atoms with Crippen molar-refractivity contribution < 1.29 is 13.2 Å². The molecule has 1 N–H and O–H groups in total. The Labute approximate surface area is 159 Å². The van der Waals surface area contributed by atoms with E-state index >= 15 is 0 Å². The molecule has 0 atom stereocenters. The van der Waals surface area contributed by atoms with E-state index in [9.17, 15) is 13.2 Å². The predicted octanol–water partition coefficient (Wildman–Crippen LogP) is 3.72. The first kappa shape index (κ1) is 18.9. The van der Waals surface area contributed by atoms with Crippen molar-refractivity contribution in [2.45, 2.75) is 43.7 Å². The quantitative estimate of drug-likeness (QED) is 0.843. The standard InChI is InChI=1S/C19H24N2O3S2/c1-14-6-7-16(12-15(14)2)20-26(23,24)19-9-8-17(25-19)13-18(22)21-10-4-3-5-11-21/h6-9,12,20H,3-5,10-11,13H2,1-2H3. The number of sulfonamides is 1. The van der Waals surface area contributed by atoms with E-state index in [1.165, 1.54) is 6.42 Å². The third-order valence-corrected chi connectivity index (χ3v) is 7.65. The highest BCUT2D eigenvalue weighted by molar-refractivity contribution is 7.94. The maximum absolute atomic E-state index is 12.6. The highest BCUT2D eigenvalue weighted by Crippen LogP contribution is 2.26. The molecule has 1 aromatic heterocycles. The number of amides is 1. The lowest BCUT2D eigenvalue weighted by Gasteiger charge is -2.26. The highest BCUT2D eigenvalue weighted by Gasteiger charge is 2.21. The van der Waals surface area contributed by atoms with Gasteiger partial charge in [0, 0.05) is 23.7 Å². The number of hydrogen-bond acceptors (Lipinski definition) is 4. The van der Waals surface area contributed by atoms with Gasteiger partial charge in [-0.2, -0.15) is 0 Å². The number of benzene rings is 1. The lowest BCUT2D eigenvalue weighted by atomic mass is 10.1. The van der Waals surface area contributed by atoms with Gasteiger partial charge in [0.1, 0.15) is 4.21 Å². The fraction of sp³-hybridized carbons (Fsp3) is 0.421. The first-order valence-corrected chi connectivity index (χ1v) is 11.1. The van der Waals surface area contributed by atoms with E-state index in [0.717, 1.165) is 53.3 Å². The maximum Gasteiger partial charge on any atom is 0.271 e. The third-order valence-electron chi connectivity index (χ3n) is 4.70. The summed E-state index contributed by atoms with van der Waals surface area (Å²) in [6, 6.07) is 8.79. The molecule has 140 valence electrons. The Morgan fingerprint density at radius 1 is 1.08 bits per heavy atom. The first-order valence-electron chi connectivity index (χ1n) is 8.82. The van der Waals surface area contributed by atoms with Gasteiger partial charge in [-0.25, -0.2) is 8.42 Å². The van der Waals surface area contributed by atoms with Crippen LogP contribution < -0.4 is 4.72 Å². The number of nitrogens with one attached hydrogen (secondary N) is 1. The number of piperidine rings is 1. The molecule has 3 rings (SSSR count). The second kappa shape index (κ2) is 7.80. The van der Waals surface area contributed by atoms with Gasteiger partial charge >= 0.3 is 0 Å². The molecule has 0 bridgehead atoms. The Kier molecular flexibility index (Phi) is 5.67. The predicted molar refractivity (Wildman–Crippen MR) is 105 cm³/mol. The minimum Gasteiger partial charge on any atom is -0.342 e. The molecule has 1 amide bonds. The van der Waals surface area contributed by atoms with Gasteiger partial charge in [0.05, 0.1) is 6.42 Å². The van der Waals surface area contributed by atoms with Crippen LogP contribution in [-0.4, -0.2) is 32.3 Å². The van der Waals surface area contributed by atoms with E-state index in [-0.39, 0.29) is 16.5 Å². The molecule has 0 radical (unpaired) electrons. The number of hydrogen-bond donors (Lipinski definition) is 1. The van der Waals surface area contributed by atoms with Crippen LogP contribution in [0.25, 0.3) is 0 Å². The number of aryl methyl sites for hydroxylation is 2. The monoisotopic (exact) mass is 392 g/mol. The summed E-state index contributed by atoms with van der Waals surface area (Å²) in [6.45, 7) is 5.55. The summed E-state index contributed by atoms with van der Waals surface area (Å²) in [6.07, 6.45) is 3.55. The normalized spacial score (nSPS) is 15.1. The van der Waals surface area contributed by atoms with E-state index in [4.69, 9.17) is 0 Å². The Balaban J connectivity index is 1.69. The minimum absolute atomic E-state index is 0.0811. The van der Waals surface area contributed by atoms with Crippen molar-refractivity contribution in [2.24, 2.45) is 0 Å². The van der Waals surface area contributed by atoms with Crippen LogP contribution in [0.3, 0.4) is 0 Å². The number of likely N-dealkylation sites (tertiary alicyclic amines) is 1. The molecule has 2 aromatic rings. The highest BCUT2D eigenvalue weighted by atomic mass is 32.2. The van der Waals surface area contributed by atoms with Gasteiger partial charge in [-0.05, 0) is 68.5 Å². The molecular weight excluding hydrogens is 368 g/mol. The Hall–Kier alpha value is -1.86. The van der Waals surface area contributed by atoms with Gasteiger partial charge in [0.15, 0.2) is 0 Å². The number of carbonyl (C=O) groups excluding carboxylic acids is 1. The number of nitrogens with zero attached hydrogens (tertiary/aromatic N) is 1. The molecule has 5 nitrogen and oxygen atoms in total. The van der Waals surface area contributed by atoms with Gasteiger partial charge in [0.25, 0.3) is 10.0 Å². The zero-order valence-corrected chi connectivity index (χ0v) is 16.8. The summed E-state index contributed by atoms with van der Waals surface area (Å²) < 4.78 is 28.1. The number of carbonyl (C=O) groups is 1. The topological polar surface area (TPSA) is 66.5 Å². The molecule has 1 aliphatic rings. The van der Waals surface area contributed by atoms with E-state index in [2.05, 4.69) is 4.72 Å². The molecule has 1 saturated heterocycles. The first-order chi connectivity index (χ1) is 12.3. The molecule has 0 unspecified atom stereocenters. The van der Waals surface area contributed by atoms with Crippen LogP contribution in [0.2, 0.25) is 0 Å². The van der Waals surface area contributed by atoms with E-state index < -0.39 is 10.0 Å². The zero-order valence-electron chi connectivity index (χ0n) is 15.1. The molecule has 7 heteroatoms. The fourth-order valence-corrected chi connectivity index (χ4v) is 5.41. The third kappa shape index (κ3) is 4.45. The van der Waals surface area contributed by atoms with Crippen LogP contribution in [0.4, 0.5) is 5.69 Å².